The van der Waals surface area contributed by atoms with Gasteiger partial charge in [0.1, 0.15) is 0 Å². The quantitative estimate of drug-likeness (QED) is 0.851. The summed E-state index contributed by atoms with van der Waals surface area (Å²) >= 11 is 3.50. The first-order chi connectivity index (χ1) is 6.77. The normalized spacial score (nSPS) is 12.5. The maximum atomic E-state index is 5.68. The molecule has 0 saturated carbocycles. The molecular formula is C11H17BrN2. The van der Waals surface area contributed by atoms with Gasteiger partial charge in [-0.15, -0.1) is 0 Å². The van der Waals surface area contributed by atoms with E-state index in [2.05, 4.69) is 34.2 Å². The summed E-state index contributed by atoms with van der Waals surface area (Å²) in [6.45, 7) is 2.85. The summed E-state index contributed by atoms with van der Waals surface area (Å²) in [6.07, 6.45) is 2.26. The molecule has 1 aromatic rings. The van der Waals surface area contributed by atoms with Crippen molar-refractivity contribution in [2.75, 3.05) is 11.9 Å². The first-order valence-electron chi connectivity index (χ1n) is 4.99. The Balaban J connectivity index is 2.62. The zero-order chi connectivity index (χ0) is 10.4. The van der Waals surface area contributed by atoms with E-state index in [1.807, 2.05) is 18.2 Å². The van der Waals surface area contributed by atoms with Gasteiger partial charge in [-0.1, -0.05) is 25.5 Å². The van der Waals surface area contributed by atoms with Gasteiger partial charge in [-0.2, -0.15) is 0 Å². The molecule has 0 spiro atoms. The lowest BCUT2D eigenvalue weighted by atomic mass is 10.1. The monoisotopic (exact) mass is 256 g/mol. The van der Waals surface area contributed by atoms with Gasteiger partial charge in [-0.05, 0) is 34.5 Å². The van der Waals surface area contributed by atoms with E-state index in [0.717, 1.165) is 23.0 Å². The van der Waals surface area contributed by atoms with Crippen LogP contribution in [0.25, 0.3) is 0 Å². The number of nitrogens with one attached hydrogen (secondary N) is 1. The van der Waals surface area contributed by atoms with Crippen LogP contribution in [-0.2, 0) is 0 Å². The average Bonchev–Trinajstić information content (AvgIpc) is 2.20. The molecule has 78 valence electrons. The van der Waals surface area contributed by atoms with Gasteiger partial charge in [-0.25, -0.2) is 0 Å². The Morgan fingerprint density at radius 3 is 2.71 bits per heavy atom. The number of rotatable bonds is 5. The molecule has 0 fully saturated rings. The third kappa shape index (κ3) is 3.31. The van der Waals surface area contributed by atoms with Crippen LogP contribution in [0.4, 0.5) is 5.69 Å². The van der Waals surface area contributed by atoms with Crippen molar-refractivity contribution in [1.82, 2.24) is 0 Å². The molecular weight excluding hydrogens is 240 g/mol. The molecule has 0 aliphatic rings. The molecule has 0 aliphatic heterocycles. The van der Waals surface area contributed by atoms with Crippen LogP contribution in [-0.4, -0.2) is 12.6 Å². The first-order valence-corrected chi connectivity index (χ1v) is 5.78. The minimum Gasteiger partial charge on any atom is -0.380 e. The van der Waals surface area contributed by atoms with Gasteiger partial charge in [0.25, 0.3) is 0 Å². The lowest BCUT2D eigenvalue weighted by molar-refractivity contribution is 0.648. The fourth-order valence-corrected chi connectivity index (χ4v) is 1.79. The maximum absolute atomic E-state index is 5.68. The highest BCUT2D eigenvalue weighted by atomic mass is 79.9. The van der Waals surface area contributed by atoms with Gasteiger partial charge in [0, 0.05) is 22.7 Å². The molecule has 1 atom stereocenters. The molecule has 0 bridgehead atoms. The summed E-state index contributed by atoms with van der Waals surface area (Å²) in [4.78, 5) is 0. The van der Waals surface area contributed by atoms with Crippen LogP contribution in [0.1, 0.15) is 19.8 Å². The van der Waals surface area contributed by atoms with Crippen molar-refractivity contribution in [1.29, 1.82) is 0 Å². The van der Waals surface area contributed by atoms with Gasteiger partial charge in [0.05, 0.1) is 0 Å². The van der Waals surface area contributed by atoms with Gasteiger partial charge < -0.3 is 11.1 Å². The second kappa shape index (κ2) is 6.04. The van der Waals surface area contributed by atoms with Crippen LogP contribution in [0.5, 0.6) is 0 Å². The predicted octanol–water partition coefficient (Wildman–Crippen LogP) is 2.99. The zero-order valence-electron chi connectivity index (χ0n) is 8.46. The van der Waals surface area contributed by atoms with E-state index in [1.165, 1.54) is 0 Å². The molecule has 0 aliphatic carbocycles. The van der Waals surface area contributed by atoms with Crippen LogP contribution >= 0.6 is 15.9 Å². The lowest BCUT2D eigenvalue weighted by Crippen LogP contribution is -2.28. The number of para-hydroxylation sites is 1. The molecule has 3 heteroatoms. The zero-order valence-corrected chi connectivity index (χ0v) is 10.0. The number of nitrogens with two attached hydrogens (primary N) is 1. The van der Waals surface area contributed by atoms with Gasteiger partial charge in [-0.3, -0.25) is 0 Å². The van der Waals surface area contributed by atoms with E-state index < -0.39 is 0 Å². The number of benzene rings is 1. The standard InChI is InChI=1S/C11H17BrN2/c1-2-5-9(8-13)14-11-7-4-3-6-10(11)12/h3-4,6-7,9,14H,2,5,8,13H2,1H3. The second-order valence-electron chi connectivity index (χ2n) is 3.35. The minimum atomic E-state index is 0.374. The largest absolute Gasteiger partial charge is 0.380 e. The molecule has 14 heavy (non-hydrogen) atoms. The van der Waals surface area contributed by atoms with E-state index >= 15 is 0 Å². The third-order valence-electron chi connectivity index (χ3n) is 2.16. The maximum Gasteiger partial charge on any atom is 0.0487 e. The molecule has 2 nitrogen and oxygen atoms in total. The Bertz CT molecular complexity index is 276. The molecule has 1 aromatic carbocycles. The van der Waals surface area contributed by atoms with Crippen LogP contribution in [0.2, 0.25) is 0 Å². The van der Waals surface area contributed by atoms with Crippen molar-refractivity contribution >= 4 is 21.6 Å². The van der Waals surface area contributed by atoms with Gasteiger partial charge >= 0.3 is 0 Å². The molecule has 0 radical (unpaired) electrons. The number of hydrogen-bond donors (Lipinski definition) is 2. The highest BCUT2D eigenvalue weighted by Gasteiger charge is 2.06. The van der Waals surface area contributed by atoms with Crippen molar-refractivity contribution in [3.05, 3.63) is 28.7 Å². The SMILES string of the molecule is CCCC(CN)Nc1ccccc1Br. The topological polar surface area (TPSA) is 38.0 Å². The van der Waals surface area contributed by atoms with E-state index in [1.54, 1.807) is 0 Å². The van der Waals surface area contributed by atoms with Crippen molar-refractivity contribution in [3.8, 4) is 0 Å². The van der Waals surface area contributed by atoms with E-state index in [-0.39, 0.29) is 0 Å². The van der Waals surface area contributed by atoms with Crippen molar-refractivity contribution in [2.45, 2.75) is 25.8 Å². The molecule has 0 heterocycles. The minimum absolute atomic E-state index is 0.374. The van der Waals surface area contributed by atoms with Gasteiger partial charge in [0.2, 0.25) is 0 Å². The van der Waals surface area contributed by atoms with Crippen LogP contribution in [0, 0.1) is 0 Å². The van der Waals surface area contributed by atoms with Crippen molar-refractivity contribution in [3.63, 3.8) is 0 Å². The summed E-state index contributed by atoms with van der Waals surface area (Å²) in [5.74, 6) is 0. The molecule has 0 aromatic heterocycles. The second-order valence-corrected chi connectivity index (χ2v) is 4.20. The first kappa shape index (κ1) is 11.5. The van der Waals surface area contributed by atoms with Crippen LogP contribution in [0.15, 0.2) is 28.7 Å². The number of halogens is 1. The summed E-state index contributed by atoms with van der Waals surface area (Å²) in [6, 6.07) is 8.49. The van der Waals surface area contributed by atoms with E-state index in [9.17, 15) is 0 Å². The van der Waals surface area contributed by atoms with E-state index in [4.69, 9.17) is 5.73 Å². The summed E-state index contributed by atoms with van der Waals surface area (Å²) in [7, 11) is 0. The molecule has 1 rings (SSSR count). The number of anilines is 1. The average molecular weight is 257 g/mol. The third-order valence-corrected chi connectivity index (χ3v) is 2.85. The Labute approximate surface area is 94.0 Å². The summed E-state index contributed by atoms with van der Waals surface area (Å²) in [5.41, 5.74) is 6.80. The summed E-state index contributed by atoms with van der Waals surface area (Å²) < 4.78 is 1.09. The molecule has 0 saturated heterocycles. The highest BCUT2D eigenvalue weighted by molar-refractivity contribution is 9.10. The Morgan fingerprint density at radius 1 is 1.43 bits per heavy atom. The van der Waals surface area contributed by atoms with Crippen LogP contribution in [0.3, 0.4) is 0 Å². The van der Waals surface area contributed by atoms with Crippen molar-refractivity contribution in [2.24, 2.45) is 5.73 Å². The molecule has 1 unspecified atom stereocenters. The Kier molecular flexibility index (Phi) is 4.98. The predicted molar refractivity (Wildman–Crippen MR) is 65.5 cm³/mol. The Hall–Kier alpha value is -0.540. The summed E-state index contributed by atoms with van der Waals surface area (Å²) in [5, 5.41) is 3.43. The lowest BCUT2D eigenvalue weighted by Gasteiger charge is -2.18. The molecule has 0 amide bonds. The van der Waals surface area contributed by atoms with Crippen LogP contribution < -0.4 is 11.1 Å². The number of hydrogen-bond acceptors (Lipinski definition) is 2. The van der Waals surface area contributed by atoms with E-state index in [0.29, 0.717) is 12.6 Å². The van der Waals surface area contributed by atoms with Crippen molar-refractivity contribution < 1.29 is 0 Å². The Morgan fingerprint density at radius 2 is 2.14 bits per heavy atom. The molecule has 3 N–H and O–H groups in total. The van der Waals surface area contributed by atoms with Gasteiger partial charge in [0.15, 0.2) is 0 Å². The smallest absolute Gasteiger partial charge is 0.0487 e. The highest BCUT2D eigenvalue weighted by Crippen LogP contribution is 2.22. The fourth-order valence-electron chi connectivity index (χ4n) is 1.40. The fraction of sp³-hybridized carbons (Fsp3) is 0.455.